The Balaban J connectivity index is 1.88. The van der Waals surface area contributed by atoms with Crippen molar-refractivity contribution in [3.8, 4) is 11.8 Å². The third-order valence-corrected chi connectivity index (χ3v) is 5.33. The molecule has 156 valence electrons. The summed E-state index contributed by atoms with van der Waals surface area (Å²) in [7, 11) is 0. The van der Waals surface area contributed by atoms with Gasteiger partial charge in [0.25, 0.3) is 5.91 Å². The van der Waals surface area contributed by atoms with Gasteiger partial charge in [-0.15, -0.1) is 0 Å². The molecule has 3 aromatic carbocycles. The molecule has 0 saturated heterocycles. The standard InChI is InChI=1S/C24H17Br2FN2O2/c1-15-5-7-21(8-6-15)29-24(30)18(13-28)10-17-11-19(25)12-22(26)23(17)31-14-16-3-2-4-20(27)9-16/h2-12H,14H2,1H3,(H,29,30)/b18-10+. The van der Waals surface area contributed by atoms with Crippen LogP contribution in [0.15, 0.2) is 75.2 Å². The second-order valence-electron chi connectivity index (χ2n) is 6.71. The van der Waals surface area contributed by atoms with Crippen LogP contribution in [0.1, 0.15) is 16.7 Å². The Morgan fingerprint density at radius 1 is 1.16 bits per heavy atom. The van der Waals surface area contributed by atoms with Crippen LogP contribution in [-0.2, 0) is 11.4 Å². The number of hydrogen-bond acceptors (Lipinski definition) is 3. The number of rotatable bonds is 6. The Kier molecular flexibility index (Phi) is 7.61. The maximum absolute atomic E-state index is 13.5. The number of hydrogen-bond donors (Lipinski definition) is 1. The van der Waals surface area contributed by atoms with E-state index in [0.29, 0.717) is 27.0 Å². The summed E-state index contributed by atoms with van der Waals surface area (Å²) in [6.07, 6.45) is 1.46. The molecule has 0 aliphatic rings. The number of anilines is 1. The van der Waals surface area contributed by atoms with Gasteiger partial charge in [-0.2, -0.15) is 5.26 Å². The molecule has 0 spiro atoms. The van der Waals surface area contributed by atoms with Crippen LogP contribution in [-0.4, -0.2) is 5.91 Å². The van der Waals surface area contributed by atoms with Crippen LogP contribution in [0.2, 0.25) is 0 Å². The number of aryl methyl sites for hydroxylation is 1. The molecule has 0 fully saturated rings. The fourth-order valence-corrected chi connectivity index (χ4v) is 4.13. The molecule has 0 aromatic heterocycles. The van der Waals surface area contributed by atoms with Crippen LogP contribution in [0.25, 0.3) is 6.08 Å². The van der Waals surface area contributed by atoms with Crippen LogP contribution < -0.4 is 10.1 Å². The van der Waals surface area contributed by atoms with E-state index in [1.165, 1.54) is 18.2 Å². The lowest BCUT2D eigenvalue weighted by atomic mass is 10.1. The number of halogens is 3. The van der Waals surface area contributed by atoms with Crippen molar-refractivity contribution in [1.82, 2.24) is 0 Å². The lowest BCUT2D eigenvalue weighted by Crippen LogP contribution is -2.13. The topological polar surface area (TPSA) is 62.1 Å². The highest BCUT2D eigenvalue weighted by atomic mass is 79.9. The van der Waals surface area contributed by atoms with Gasteiger partial charge in [-0.1, -0.05) is 45.8 Å². The minimum absolute atomic E-state index is 0.0822. The lowest BCUT2D eigenvalue weighted by Gasteiger charge is -2.13. The Bertz CT molecular complexity index is 1190. The molecule has 0 atom stereocenters. The average molecular weight is 544 g/mol. The summed E-state index contributed by atoms with van der Waals surface area (Å²) in [5.41, 5.74) is 2.75. The van der Waals surface area contributed by atoms with E-state index in [9.17, 15) is 14.4 Å². The van der Waals surface area contributed by atoms with Crippen LogP contribution >= 0.6 is 31.9 Å². The molecule has 0 unspecified atom stereocenters. The highest BCUT2D eigenvalue weighted by Crippen LogP contribution is 2.35. The van der Waals surface area contributed by atoms with Gasteiger partial charge in [0.05, 0.1) is 4.47 Å². The summed E-state index contributed by atoms with van der Waals surface area (Å²) < 4.78 is 20.7. The number of nitrogens with zero attached hydrogens (tertiary/aromatic N) is 1. The smallest absolute Gasteiger partial charge is 0.266 e. The highest BCUT2D eigenvalue weighted by molar-refractivity contribution is 9.11. The molecule has 31 heavy (non-hydrogen) atoms. The van der Waals surface area contributed by atoms with Gasteiger partial charge >= 0.3 is 0 Å². The van der Waals surface area contributed by atoms with Crippen molar-refractivity contribution in [2.75, 3.05) is 5.32 Å². The molecule has 0 aliphatic carbocycles. The SMILES string of the molecule is Cc1ccc(NC(=O)/C(C#N)=C/c2cc(Br)cc(Br)c2OCc2cccc(F)c2)cc1. The molecular weight excluding hydrogens is 527 g/mol. The molecule has 0 heterocycles. The van der Waals surface area contributed by atoms with Crippen LogP contribution in [0.4, 0.5) is 10.1 Å². The molecule has 3 rings (SSSR count). The minimum atomic E-state index is -0.529. The molecule has 1 N–H and O–H groups in total. The summed E-state index contributed by atoms with van der Waals surface area (Å²) in [5, 5.41) is 12.3. The van der Waals surface area contributed by atoms with E-state index in [2.05, 4.69) is 37.2 Å². The number of benzene rings is 3. The minimum Gasteiger partial charge on any atom is -0.487 e. The summed E-state index contributed by atoms with van der Waals surface area (Å²) in [4.78, 5) is 12.6. The Morgan fingerprint density at radius 3 is 2.58 bits per heavy atom. The molecule has 7 heteroatoms. The normalized spacial score (nSPS) is 11.0. The quantitative estimate of drug-likeness (QED) is 0.275. The average Bonchev–Trinajstić information content (AvgIpc) is 2.72. The van der Waals surface area contributed by atoms with Gasteiger partial charge in [0.1, 0.15) is 29.8 Å². The van der Waals surface area contributed by atoms with E-state index >= 15 is 0 Å². The molecule has 0 radical (unpaired) electrons. The van der Waals surface area contributed by atoms with Gasteiger partial charge < -0.3 is 10.1 Å². The van der Waals surface area contributed by atoms with E-state index in [-0.39, 0.29) is 18.0 Å². The van der Waals surface area contributed by atoms with Crippen molar-refractivity contribution in [2.45, 2.75) is 13.5 Å². The van der Waals surface area contributed by atoms with Crippen LogP contribution in [0, 0.1) is 24.1 Å². The van der Waals surface area contributed by atoms with E-state index < -0.39 is 5.91 Å². The summed E-state index contributed by atoms with van der Waals surface area (Å²) in [5.74, 6) is -0.447. The van der Waals surface area contributed by atoms with Crippen molar-refractivity contribution >= 4 is 49.5 Å². The molecule has 1 amide bonds. The largest absolute Gasteiger partial charge is 0.487 e. The maximum atomic E-state index is 13.5. The number of carbonyl (C=O) groups is 1. The van der Waals surface area contributed by atoms with Crippen LogP contribution in [0.5, 0.6) is 5.75 Å². The van der Waals surface area contributed by atoms with Crippen molar-refractivity contribution in [3.05, 3.63) is 97.7 Å². The van der Waals surface area contributed by atoms with Crippen molar-refractivity contribution in [2.24, 2.45) is 0 Å². The second-order valence-corrected chi connectivity index (χ2v) is 8.48. The molecular formula is C24H17Br2FN2O2. The van der Waals surface area contributed by atoms with Crippen LogP contribution in [0.3, 0.4) is 0 Å². The monoisotopic (exact) mass is 542 g/mol. The number of nitrogens with one attached hydrogen (secondary N) is 1. The van der Waals surface area contributed by atoms with E-state index in [0.717, 1.165) is 10.0 Å². The van der Waals surface area contributed by atoms with E-state index in [1.807, 2.05) is 25.1 Å². The third kappa shape index (κ3) is 6.27. The van der Waals surface area contributed by atoms with Crippen molar-refractivity contribution < 1.29 is 13.9 Å². The predicted octanol–water partition coefficient (Wildman–Crippen LogP) is 6.78. The molecule has 0 bridgehead atoms. The lowest BCUT2D eigenvalue weighted by molar-refractivity contribution is -0.112. The first-order chi connectivity index (χ1) is 14.9. The van der Waals surface area contributed by atoms with Crippen molar-refractivity contribution in [3.63, 3.8) is 0 Å². The number of ether oxygens (including phenoxy) is 1. The maximum Gasteiger partial charge on any atom is 0.266 e. The summed E-state index contributed by atoms with van der Waals surface area (Å²) in [6, 6.07) is 18.9. The zero-order valence-electron chi connectivity index (χ0n) is 16.5. The first-order valence-corrected chi connectivity index (χ1v) is 10.8. The third-order valence-electron chi connectivity index (χ3n) is 4.28. The summed E-state index contributed by atoms with van der Waals surface area (Å²) >= 11 is 6.87. The van der Waals surface area contributed by atoms with Crippen molar-refractivity contribution in [1.29, 1.82) is 5.26 Å². The van der Waals surface area contributed by atoms with E-state index in [1.54, 1.807) is 36.4 Å². The first-order valence-electron chi connectivity index (χ1n) is 9.22. The molecule has 3 aromatic rings. The molecule has 0 aliphatic heterocycles. The van der Waals surface area contributed by atoms with Gasteiger partial charge in [0.2, 0.25) is 0 Å². The van der Waals surface area contributed by atoms with Gasteiger partial charge in [-0.05, 0) is 70.9 Å². The second kappa shape index (κ2) is 10.4. The zero-order chi connectivity index (χ0) is 22.4. The Hall–Kier alpha value is -2.95. The first kappa shape index (κ1) is 22.7. The Morgan fingerprint density at radius 2 is 1.90 bits per heavy atom. The number of amides is 1. The Labute approximate surface area is 196 Å². The van der Waals surface area contributed by atoms with Gasteiger partial charge in [0.15, 0.2) is 0 Å². The van der Waals surface area contributed by atoms with Gasteiger partial charge in [-0.25, -0.2) is 4.39 Å². The van der Waals surface area contributed by atoms with Gasteiger partial charge in [-0.3, -0.25) is 4.79 Å². The predicted molar refractivity (Wildman–Crippen MR) is 126 cm³/mol. The molecule has 4 nitrogen and oxygen atoms in total. The fraction of sp³-hybridized carbons (Fsp3) is 0.0833. The highest BCUT2D eigenvalue weighted by Gasteiger charge is 2.14. The zero-order valence-corrected chi connectivity index (χ0v) is 19.6. The number of nitriles is 1. The summed E-state index contributed by atoms with van der Waals surface area (Å²) in [6.45, 7) is 2.07. The van der Waals surface area contributed by atoms with Gasteiger partial charge in [0, 0.05) is 15.7 Å². The van der Waals surface area contributed by atoms with E-state index in [4.69, 9.17) is 4.74 Å². The fourth-order valence-electron chi connectivity index (χ4n) is 2.76. The number of carbonyl (C=O) groups excluding carboxylic acids is 1. The molecule has 0 saturated carbocycles.